The zero-order chi connectivity index (χ0) is 15.6. The highest BCUT2D eigenvalue weighted by atomic mass is 127. The smallest absolute Gasteiger partial charge is 0.191 e. The Morgan fingerprint density at radius 1 is 1.30 bits per heavy atom. The van der Waals surface area contributed by atoms with Gasteiger partial charge in [0.25, 0.3) is 0 Å². The number of likely N-dealkylation sites (N-methyl/N-ethyl adjacent to an activating group) is 1. The lowest BCUT2D eigenvalue weighted by Gasteiger charge is -2.19. The van der Waals surface area contributed by atoms with E-state index in [0.717, 1.165) is 37.4 Å². The van der Waals surface area contributed by atoms with Gasteiger partial charge in [0.15, 0.2) is 5.96 Å². The number of hydrogen-bond donors (Lipinski definition) is 2. The van der Waals surface area contributed by atoms with Crippen LogP contribution < -0.4 is 10.6 Å². The molecule has 1 aromatic rings. The summed E-state index contributed by atoms with van der Waals surface area (Å²) in [6.07, 6.45) is 2.68. The number of hydrogen-bond acceptors (Lipinski definition) is 3. The van der Waals surface area contributed by atoms with Crippen LogP contribution in [0.4, 0.5) is 0 Å². The first-order chi connectivity index (χ1) is 10.8. The molecule has 1 fully saturated rings. The maximum Gasteiger partial charge on any atom is 0.191 e. The van der Waals surface area contributed by atoms with Gasteiger partial charge >= 0.3 is 0 Å². The molecule has 2 N–H and O–H groups in total. The average molecular weight is 448 g/mol. The second-order valence-corrected chi connectivity index (χ2v) is 7.15. The van der Waals surface area contributed by atoms with Gasteiger partial charge in [-0.2, -0.15) is 11.8 Å². The first-order valence-corrected chi connectivity index (χ1v) is 9.11. The normalized spacial score (nSPS) is 17.9. The Bertz CT molecular complexity index is 449. The van der Waals surface area contributed by atoms with Crippen molar-refractivity contribution in [3.05, 3.63) is 35.9 Å². The van der Waals surface area contributed by atoms with Crippen molar-refractivity contribution in [3.63, 3.8) is 0 Å². The maximum absolute atomic E-state index is 4.30. The summed E-state index contributed by atoms with van der Waals surface area (Å²) in [4.78, 5) is 6.62. The number of nitrogens with one attached hydrogen (secondary N) is 2. The van der Waals surface area contributed by atoms with E-state index in [4.69, 9.17) is 0 Å². The van der Waals surface area contributed by atoms with Crippen LogP contribution >= 0.6 is 35.7 Å². The average Bonchev–Trinajstić information content (AvgIpc) is 3.05. The molecule has 4 nitrogen and oxygen atoms in total. The monoisotopic (exact) mass is 448 g/mol. The van der Waals surface area contributed by atoms with Gasteiger partial charge in [-0.1, -0.05) is 30.3 Å². The van der Waals surface area contributed by atoms with Gasteiger partial charge < -0.3 is 15.5 Å². The minimum atomic E-state index is 0. The first-order valence-electron chi connectivity index (χ1n) is 8.06. The van der Waals surface area contributed by atoms with Crippen molar-refractivity contribution in [1.29, 1.82) is 0 Å². The van der Waals surface area contributed by atoms with Gasteiger partial charge in [0.2, 0.25) is 0 Å². The molecule has 1 aliphatic rings. The predicted molar refractivity (Wildman–Crippen MR) is 113 cm³/mol. The quantitative estimate of drug-likeness (QED) is 0.383. The maximum atomic E-state index is 4.30. The molecule has 23 heavy (non-hydrogen) atoms. The number of rotatable bonds is 7. The molecule has 1 aromatic carbocycles. The summed E-state index contributed by atoms with van der Waals surface area (Å²) in [5.41, 5.74) is 1.35. The zero-order valence-electron chi connectivity index (χ0n) is 14.1. The topological polar surface area (TPSA) is 39.7 Å². The molecule has 1 atom stereocenters. The molecule has 0 amide bonds. The van der Waals surface area contributed by atoms with Gasteiger partial charge in [-0.15, -0.1) is 24.0 Å². The second kappa shape index (κ2) is 12.0. The number of aliphatic imine (C=N–C) groups is 1. The third kappa shape index (κ3) is 8.26. The van der Waals surface area contributed by atoms with E-state index in [1.165, 1.54) is 24.2 Å². The molecule has 0 spiro atoms. The van der Waals surface area contributed by atoms with Crippen LogP contribution in [-0.4, -0.2) is 55.6 Å². The fraction of sp³-hybridized carbons (Fsp3) is 0.588. The van der Waals surface area contributed by atoms with Gasteiger partial charge in [0.1, 0.15) is 0 Å². The van der Waals surface area contributed by atoms with E-state index in [0.29, 0.717) is 0 Å². The standard InChI is InChI=1S/C17H28N4S.HI/c1-18-17(20-13-16-9-6-12-22-16)19-10-11-21(2)14-15-7-4-3-5-8-15;/h3-5,7-8,16H,6,9-14H2,1-2H3,(H2,18,19,20);1H. The van der Waals surface area contributed by atoms with Crippen LogP contribution in [0.3, 0.4) is 0 Å². The molecule has 6 heteroatoms. The highest BCUT2D eigenvalue weighted by Crippen LogP contribution is 2.25. The van der Waals surface area contributed by atoms with Crippen LogP contribution in [0.1, 0.15) is 18.4 Å². The summed E-state index contributed by atoms with van der Waals surface area (Å²) < 4.78 is 0. The molecular weight excluding hydrogens is 419 g/mol. The van der Waals surface area contributed by atoms with Gasteiger partial charge in [0, 0.05) is 38.5 Å². The van der Waals surface area contributed by atoms with Gasteiger partial charge in [-0.05, 0) is 31.2 Å². The molecule has 0 radical (unpaired) electrons. The number of benzene rings is 1. The molecule has 0 bridgehead atoms. The Kier molecular flexibility index (Phi) is 10.7. The van der Waals surface area contributed by atoms with E-state index >= 15 is 0 Å². The minimum absolute atomic E-state index is 0. The van der Waals surface area contributed by atoms with Crippen molar-refractivity contribution in [2.45, 2.75) is 24.6 Å². The molecule has 0 aromatic heterocycles. The van der Waals surface area contributed by atoms with Gasteiger partial charge in [-0.3, -0.25) is 4.99 Å². The SMILES string of the molecule is CN=C(NCCN(C)Cc1ccccc1)NCC1CCCS1.I. The first kappa shape index (κ1) is 20.6. The van der Waals surface area contributed by atoms with Crippen LogP contribution in [0.5, 0.6) is 0 Å². The Hall–Kier alpha value is -0.470. The van der Waals surface area contributed by atoms with E-state index in [-0.39, 0.29) is 24.0 Å². The molecule has 1 saturated heterocycles. The van der Waals surface area contributed by atoms with E-state index in [2.05, 4.69) is 69.7 Å². The van der Waals surface area contributed by atoms with E-state index in [9.17, 15) is 0 Å². The van der Waals surface area contributed by atoms with E-state index in [1.807, 2.05) is 7.05 Å². The molecule has 2 rings (SSSR count). The number of halogens is 1. The van der Waals surface area contributed by atoms with Crippen molar-refractivity contribution in [2.75, 3.05) is 39.5 Å². The largest absolute Gasteiger partial charge is 0.355 e. The van der Waals surface area contributed by atoms with Crippen LogP contribution in [0.25, 0.3) is 0 Å². The number of thioether (sulfide) groups is 1. The molecule has 0 saturated carbocycles. The fourth-order valence-electron chi connectivity index (χ4n) is 2.58. The van der Waals surface area contributed by atoms with Crippen molar-refractivity contribution in [3.8, 4) is 0 Å². The van der Waals surface area contributed by atoms with Crippen molar-refractivity contribution < 1.29 is 0 Å². The van der Waals surface area contributed by atoms with Crippen LogP contribution in [0, 0.1) is 0 Å². The minimum Gasteiger partial charge on any atom is -0.355 e. The van der Waals surface area contributed by atoms with E-state index in [1.54, 1.807) is 0 Å². The fourth-order valence-corrected chi connectivity index (χ4v) is 3.78. The molecule has 130 valence electrons. The Morgan fingerprint density at radius 2 is 2.09 bits per heavy atom. The summed E-state index contributed by atoms with van der Waals surface area (Å²) in [6.45, 7) is 3.89. The van der Waals surface area contributed by atoms with Crippen LogP contribution in [-0.2, 0) is 6.54 Å². The zero-order valence-corrected chi connectivity index (χ0v) is 17.3. The summed E-state index contributed by atoms with van der Waals surface area (Å²) in [7, 11) is 3.99. The summed E-state index contributed by atoms with van der Waals surface area (Å²) in [5, 5.41) is 7.58. The Balaban J connectivity index is 0.00000264. The highest BCUT2D eigenvalue weighted by molar-refractivity contribution is 14.0. The lowest BCUT2D eigenvalue weighted by Crippen LogP contribution is -2.42. The Labute approximate surface area is 161 Å². The van der Waals surface area contributed by atoms with Gasteiger partial charge in [0.05, 0.1) is 0 Å². The van der Waals surface area contributed by atoms with Gasteiger partial charge in [-0.25, -0.2) is 0 Å². The molecular formula is C17H29IN4S. The second-order valence-electron chi connectivity index (χ2n) is 5.74. The third-order valence-electron chi connectivity index (χ3n) is 3.83. The van der Waals surface area contributed by atoms with Crippen molar-refractivity contribution in [1.82, 2.24) is 15.5 Å². The lowest BCUT2D eigenvalue weighted by atomic mass is 10.2. The predicted octanol–water partition coefficient (Wildman–Crippen LogP) is 2.80. The van der Waals surface area contributed by atoms with Crippen molar-refractivity contribution >= 4 is 41.7 Å². The summed E-state index contributed by atoms with van der Waals surface area (Å²) in [6, 6.07) is 10.6. The molecule has 1 aliphatic heterocycles. The summed E-state index contributed by atoms with van der Waals surface area (Å²) >= 11 is 2.07. The summed E-state index contributed by atoms with van der Waals surface area (Å²) in [5.74, 6) is 2.23. The molecule has 1 unspecified atom stereocenters. The third-order valence-corrected chi connectivity index (χ3v) is 5.22. The highest BCUT2D eigenvalue weighted by Gasteiger charge is 2.15. The molecule has 1 heterocycles. The molecule has 0 aliphatic carbocycles. The van der Waals surface area contributed by atoms with E-state index < -0.39 is 0 Å². The number of nitrogens with zero attached hydrogens (tertiary/aromatic N) is 2. The van der Waals surface area contributed by atoms with Crippen LogP contribution in [0.2, 0.25) is 0 Å². The lowest BCUT2D eigenvalue weighted by molar-refractivity contribution is 0.331. The number of guanidine groups is 1. The Morgan fingerprint density at radius 3 is 2.74 bits per heavy atom. The van der Waals surface area contributed by atoms with Crippen LogP contribution in [0.15, 0.2) is 35.3 Å². The van der Waals surface area contributed by atoms with Crippen molar-refractivity contribution in [2.24, 2.45) is 4.99 Å².